The molecule has 0 saturated carbocycles. The first-order valence-corrected chi connectivity index (χ1v) is 7.40. The van der Waals surface area contributed by atoms with Gasteiger partial charge in [-0.25, -0.2) is 0 Å². The van der Waals surface area contributed by atoms with E-state index < -0.39 is 0 Å². The quantitative estimate of drug-likeness (QED) is 0.873. The highest BCUT2D eigenvalue weighted by Crippen LogP contribution is 2.32. The second-order valence-corrected chi connectivity index (χ2v) is 5.90. The van der Waals surface area contributed by atoms with Gasteiger partial charge in [0.2, 0.25) is 0 Å². The fourth-order valence-corrected chi connectivity index (χ4v) is 3.00. The molecule has 0 bridgehead atoms. The number of nitrogens with zero attached hydrogens (tertiary/aromatic N) is 1. The molecule has 0 amide bonds. The van der Waals surface area contributed by atoms with E-state index in [-0.39, 0.29) is 0 Å². The maximum Gasteiger partial charge on any atom is 0.116 e. The lowest BCUT2D eigenvalue weighted by Gasteiger charge is -2.31. The number of hydrogen-bond acceptors (Lipinski definition) is 2. The number of anilines is 1. The summed E-state index contributed by atoms with van der Waals surface area (Å²) in [7, 11) is 0. The minimum atomic E-state index is 0.333. The average Bonchev–Trinajstić information content (AvgIpc) is 2.43. The van der Waals surface area contributed by atoms with Crippen molar-refractivity contribution in [1.82, 2.24) is 0 Å². The molecule has 2 aromatic carbocycles. The first-order chi connectivity index (χ1) is 9.63. The van der Waals surface area contributed by atoms with E-state index in [4.69, 9.17) is 23.2 Å². The number of rotatable bonds is 2. The monoisotopic (exact) mass is 307 g/mol. The highest BCUT2D eigenvalue weighted by Gasteiger charge is 2.17. The van der Waals surface area contributed by atoms with Crippen LogP contribution in [0, 0.1) is 0 Å². The zero-order valence-electron chi connectivity index (χ0n) is 10.9. The molecule has 1 heterocycles. The van der Waals surface area contributed by atoms with Crippen molar-refractivity contribution in [3.63, 3.8) is 0 Å². The molecule has 2 nitrogen and oxygen atoms in total. The molecule has 0 radical (unpaired) electrons. The van der Waals surface area contributed by atoms with E-state index in [1.165, 1.54) is 11.3 Å². The summed E-state index contributed by atoms with van der Waals surface area (Å²) in [5.74, 6) is 0.333. The van der Waals surface area contributed by atoms with Gasteiger partial charge in [-0.15, -0.1) is 0 Å². The van der Waals surface area contributed by atoms with Crippen LogP contribution in [0.2, 0.25) is 10.0 Å². The Morgan fingerprint density at radius 3 is 2.70 bits per heavy atom. The fourth-order valence-electron chi connectivity index (χ4n) is 2.68. The molecule has 0 atom stereocenters. The predicted octanol–water partition coefficient (Wildman–Crippen LogP) is 4.65. The van der Waals surface area contributed by atoms with Crippen LogP contribution in [0.1, 0.15) is 17.5 Å². The topological polar surface area (TPSA) is 23.5 Å². The molecule has 1 aliphatic heterocycles. The molecular formula is C16H15Cl2NO. The first-order valence-electron chi connectivity index (χ1n) is 6.64. The molecule has 4 heteroatoms. The summed E-state index contributed by atoms with van der Waals surface area (Å²) >= 11 is 12.0. The minimum absolute atomic E-state index is 0.333. The minimum Gasteiger partial charge on any atom is -0.508 e. The van der Waals surface area contributed by atoms with Gasteiger partial charge in [0.15, 0.2) is 0 Å². The van der Waals surface area contributed by atoms with Gasteiger partial charge < -0.3 is 10.0 Å². The van der Waals surface area contributed by atoms with Gasteiger partial charge in [-0.1, -0.05) is 29.3 Å². The highest BCUT2D eigenvalue weighted by molar-refractivity contribution is 6.42. The van der Waals surface area contributed by atoms with E-state index in [2.05, 4.69) is 4.90 Å². The molecule has 0 aromatic heterocycles. The van der Waals surface area contributed by atoms with Crippen LogP contribution in [0.5, 0.6) is 5.75 Å². The van der Waals surface area contributed by atoms with Gasteiger partial charge >= 0.3 is 0 Å². The summed E-state index contributed by atoms with van der Waals surface area (Å²) in [5.41, 5.74) is 3.54. The van der Waals surface area contributed by atoms with Gasteiger partial charge in [-0.05, 0) is 54.3 Å². The Bertz CT molecular complexity index is 642. The Balaban J connectivity index is 1.87. The Morgan fingerprint density at radius 2 is 1.90 bits per heavy atom. The lowest BCUT2D eigenvalue weighted by molar-refractivity contribution is 0.474. The zero-order chi connectivity index (χ0) is 14.1. The van der Waals surface area contributed by atoms with Crippen LogP contribution < -0.4 is 4.90 Å². The molecule has 2 aromatic rings. The molecule has 0 unspecified atom stereocenters. The van der Waals surface area contributed by atoms with Gasteiger partial charge in [-0.3, -0.25) is 0 Å². The number of aryl methyl sites for hydroxylation is 1. The standard InChI is InChI=1S/C16H15Cl2NO/c17-14-5-3-11(8-15(14)18)10-19-7-1-2-12-9-13(20)4-6-16(12)19/h3-6,8-9,20H,1-2,7,10H2. The summed E-state index contributed by atoms with van der Waals surface area (Å²) in [6.45, 7) is 1.81. The maximum absolute atomic E-state index is 9.58. The molecule has 20 heavy (non-hydrogen) atoms. The molecule has 0 aliphatic carbocycles. The van der Waals surface area contributed by atoms with Crippen LogP contribution in [0.3, 0.4) is 0 Å². The number of phenols is 1. The van der Waals surface area contributed by atoms with Crippen LogP contribution in [-0.2, 0) is 13.0 Å². The normalized spacial score (nSPS) is 14.2. The Kier molecular flexibility index (Phi) is 3.77. The average molecular weight is 308 g/mol. The van der Waals surface area contributed by atoms with Crippen LogP contribution in [-0.4, -0.2) is 11.7 Å². The van der Waals surface area contributed by atoms with E-state index in [1.807, 2.05) is 30.3 Å². The van der Waals surface area contributed by atoms with Crippen molar-refractivity contribution >= 4 is 28.9 Å². The second kappa shape index (κ2) is 5.55. The van der Waals surface area contributed by atoms with Gasteiger partial charge in [0.25, 0.3) is 0 Å². The van der Waals surface area contributed by atoms with Crippen molar-refractivity contribution in [2.24, 2.45) is 0 Å². The van der Waals surface area contributed by atoms with Crippen LogP contribution in [0.4, 0.5) is 5.69 Å². The Hall–Kier alpha value is -1.38. The second-order valence-electron chi connectivity index (χ2n) is 5.09. The largest absolute Gasteiger partial charge is 0.508 e. The van der Waals surface area contributed by atoms with E-state index in [0.717, 1.165) is 31.5 Å². The summed E-state index contributed by atoms with van der Waals surface area (Å²) in [4.78, 5) is 2.32. The van der Waals surface area contributed by atoms with Crippen LogP contribution in [0.25, 0.3) is 0 Å². The Morgan fingerprint density at radius 1 is 1.05 bits per heavy atom. The molecule has 0 fully saturated rings. The van der Waals surface area contributed by atoms with Crippen molar-refractivity contribution < 1.29 is 5.11 Å². The fraction of sp³-hybridized carbons (Fsp3) is 0.250. The summed E-state index contributed by atoms with van der Waals surface area (Å²) < 4.78 is 0. The van der Waals surface area contributed by atoms with Crippen molar-refractivity contribution in [3.05, 3.63) is 57.6 Å². The summed E-state index contributed by atoms with van der Waals surface area (Å²) in [5, 5.41) is 10.8. The van der Waals surface area contributed by atoms with Gasteiger partial charge in [0, 0.05) is 18.8 Å². The van der Waals surface area contributed by atoms with E-state index in [0.29, 0.717) is 15.8 Å². The Labute approximate surface area is 128 Å². The number of halogens is 2. The molecule has 1 aliphatic rings. The maximum atomic E-state index is 9.58. The smallest absolute Gasteiger partial charge is 0.116 e. The van der Waals surface area contributed by atoms with Crippen molar-refractivity contribution in [2.45, 2.75) is 19.4 Å². The molecule has 0 spiro atoms. The molecule has 104 valence electrons. The third kappa shape index (κ3) is 2.72. The van der Waals surface area contributed by atoms with E-state index in [9.17, 15) is 5.11 Å². The number of benzene rings is 2. The first kappa shape index (κ1) is 13.6. The molecule has 1 N–H and O–H groups in total. The van der Waals surface area contributed by atoms with Gasteiger partial charge in [0.05, 0.1) is 10.0 Å². The molecule has 0 saturated heterocycles. The van der Waals surface area contributed by atoms with Gasteiger partial charge in [0.1, 0.15) is 5.75 Å². The van der Waals surface area contributed by atoms with E-state index >= 15 is 0 Å². The lowest BCUT2D eigenvalue weighted by Crippen LogP contribution is -2.28. The number of hydrogen-bond donors (Lipinski definition) is 1. The number of fused-ring (bicyclic) bond motifs is 1. The predicted molar refractivity (Wildman–Crippen MR) is 83.9 cm³/mol. The molecule has 3 rings (SSSR count). The summed E-state index contributed by atoms with van der Waals surface area (Å²) in [6, 6.07) is 11.3. The zero-order valence-corrected chi connectivity index (χ0v) is 12.5. The third-order valence-electron chi connectivity index (χ3n) is 3.64. The van der Waals surface area contributed by atoms with Crippen LogP contribution in [0.15, 0.2) is 36.4 Å². The summed E-state index contributed by atoms with van der Waals surface area (Å²) in [6.07, 6.45) is 2.11. The third-order valence-corrected chi connectivity index (χ3v) is 4.37. The van der Waals surface area contributed by atoms with Crippen molar-refractivity contribution in [1.29, 1.82) is 0 Å². The van der Waals surface area contributed by atoms with E-state index in [1.54, 1.807) is 6.07 Å². The molecular weight excluding hydrogens is 293 g/mol. The lowest BCUT2D eigenvalue weighted by atomic mass is 10.0. The van der Waals surface area contributed by atoms with Crippen molar-refractivity contribution in [3.8, 4) is 5.75 Å². The SMILES string of the molecule is Oc1ccc2c(c1)CCCN2Cc1ccc(Cl)c(Cl)c1. The number of phenolic OH excluding ortho intramolecular Hbond substituents is 1. The highest BCUT2D eigenvalue weighted by atomic mass is 35.5. The van der Waals surface area contributed by atoms with Gasteiger partial charge in [-0.2, -0.15) is 0 Å². The number of aromatic hydroxyl groups is 1. The van der Waals surface area contributed by atoms with Crippen molar-refractivity contribution in [2.75, 3.05) is 11.4 Å². The van der Waals surface area contributed by atoms with Crippen LogP contribution >= 0.6 is 23.2 Å².